The van der Waals surface area contributed by atoms with Gasteiger partial charge in [-0.05, 0) is 54.4 Å². The summed E-state index contributed by atoms with van der Waals surface area (Å²) in [6.45, 7) is 3.38. The van der Waals surface area contributed by atoms with Gasteiger partial charge in [-0.3, -0.25) is 9.59 Å². The van der Waals surface area contributed by atoms with Crippen LogP contribution in [0.2, 0.25) is 0 Å². The van der Waals surface area contributed by atoms with Crippen LogP contribution in [0.1, 0.15) is 25.3 Å². The monoisotopic (exact) mass is 391 g/mol. The lowest BCUT2D eigenvalue weighted by Crippen LogP contribution is -2.38. The number of amides is 1. The Hall–Kier alpha value is -3.34. The Balaban J connectivity index is 1.69. The number of para-hydroxylation sites is 1. The Morgan fingerprint density at radius 2 is 1.55 bits per heavy atom. The third-order valence-corrected chi connectivity index (χ3v) is 5.04. The zero-order valence-corrected chi connectivity index (χ0v) is 17.1. The molecule has 29 heavy (non-hydrogen) atoms. The van der Waals surface area contributed by atoms with E-state index in [0.29, 0.717) is 0 Å². The minimum Gasteiger partial charge on any atom is -0.497 e. The summed E-state index contributed by atoms with van der Waals surface area (Å²) in [6, 6.07) is 20.9. The molecule has 0 N–H and O–H groups in total. The van der Waals surface area contributed by atoms with Crippen molar-refractivity contribution in [2.75, 3.05) is 19.1 Å². The van der Waals surface area contributed by atoms with E-state index in [9.17, 15) is 9.59 Å². The molecule has 0 spiro atoms. The minimum absolute atomic E-state index is 0.276. The number of anilines is 1. The predicted molar refractivity (Wildman–Crippen MR) is 114 cm³/mol. The van der Waals surface area contributed by atoms with Gasteiger partial charge >= 0.3 is 5.97 Å². The highest BCUT2D eigenvalue weighted by Gasteiger charge is 2.25. The van der Waals surface area contributed by atoms with Gasteiger partial charge in [-0.2, -0.15) is 0 Å². The molecule has 0 aliphatic heterocycles. The number of carbonyl (C=O) groups excluding carboxylic acids is 2. The molecule has 0 radical (unpaired) electrons. The average molecular weight is 391 g/mol. The predicted octanol–water partition coefficient (Wildman–Crippen LogP) is 4.55. The Labute approximate surface area is 170 Å². The summed E-state index contributed by atoms with van der Waals surface area (Å²) in [6.07, 6.45) is -0.875. The lowest BCUT2D eigenvalue weighted by molar-refractivity contribution is -0.155. The van der Waals surface area contributed by atoms with E-state index < -0.39 is 18.0 Å². The van der Waals surface area contributed by atoms with E-state index in [0.717, 1.165) is 27.8 Å². The number of nitrogens with zero attached hydrogens (tertiary/aromatic N) is 1. The summed E-state index contributed by atoms with van der Waals surface area (Å²) in [5.41, 5.74) is 1.59. The lowest BCUT2D eigenvalue weighted by atomic mass is 9.98. The van der Waals surface area contributed by atoms with Gasteiger partial charge in [0.2, 0.25) is 0 Å². The summed E-state index contributed by atoms with van der Waals surface area (Å²) < 4.78 is 10.7. The number of hydrogen-bond donors (Lipinski definition) is 0. The van der Waals surface area contributed by atoms with Crippen LogP contribution in [0, 0.1) is 0 Å². The van der Waals surface area contributed by atoms with Gasteiger partial charge in [0.1, 0.15) is 5.75 Å². The fraction of sp³-hybridized carbons (Fsp3) is 0.250. The second kappa shape index (κ2) is 8.78. The minimum atomic E-state index is -0.875. The van der Waals surface area contributed by atoms with E-state index in [-0.39, 0.29) is 5.91 Å². The largest absolute Gasteiger partial charge is 0.497 e. The van der Waals surface area contributed by atoms with E-state index >= 15 is 0 Å². The van der Waals surface area contributed by atoms with Crippen LogP contribution in [0.15, 0.2) is 66.7 Å². The molecule has 3 rings (SSSR count). The number of methoxy groups -OCH3 is 1. The van der Waals surface area contributed by atoms with Gasteiger partial charge in [0, 0.05) is 12.7 Å². The second-order valence-corrected chi connectivity index (χ2v) is 7.01. The van der Waals surface area contributed by atoms with Crippen LogP contribution < -0.4 is 9.64 Å². The van der Waals surface area contributed by atoms with E-state index in [1.807, 2.05) is 66.7 Å². The quantitative estimate of drug-likeness (QED) is 0.579. The molecule has 0 heterocycles. The molecular weight excluding hydrogens is 366 g/mol. The standard InChI is InChI=1S/C24H25NO4/c1-16(18-10-11-20-15-22(28-4)13-12-19(20)14-18)24(27)29-17(2)23(26)25(3)21-8-6-5-7-9-21/h5-17H,1-4H3/t16-,17+/m0/s1. The lowest BCUT2D eigenvalue weighted by Gasteiger charge is -2.22. The van der Waals surface area contributed by atoms with Crippen molar-refractivity contribution >= 4 is 28.3 Å². The first kappa shape index (κ1) is 20.4. The van der Waals surface area contributed by atoms with Gasteiger partial charge in [0.05, 0.1) is 13.0 Å². The first-order valence-corrected chi connectivity index (χ1v) is 9.51. The van der Waals surface area contributed by atoms with Gasteiger partial charge in [0.25, 0.3) is 5.91 Å². The van der Waals surface area contributed by atoms with Crippen LogP contribution in [0.25, 0.3) is 10.8 Å². The maximum absolute atomic E-state index is 12.6. The molecular formula is C24H25NO4. The van der Waals surface area contributed by atoms with E-state index in [2.05, 4.69) is 0 Å². The molecule has 150 valence electrons. The molecule has 0 fully saturated rings. The van der Waals surface area contributed by atoms with Gasteiger partial charge in [-0.15, -0.1) is 0 Å². The molecule has 0 bridgehead atoms. The fourth-order valence-corrected chi connectivity index (χ4v) is 3.15. The molecule has 5 heteroatoms. The number of rotatable bonds is 6. The first-order chi connectivity index (χ1) is 13.9. The number of hydrogen-bond acceptors (Lipinski definition) is 4. The van der Waals surface area contributed by atoms with Crippen LogP contribution in [0.4, 0.5) is 5.69 Å². The van der Waals surface area contributed by atoms with E-state index in [1.54, 1.807) is 28.0 Å². The molecule has 3 aromatic carbocycles. The SMILES string of the molecule is COc1ccc2cc([C@H](C)C(=O)O[C@H](C)C(=O)N(C)c3ccccc3)ccc2c1. The molecule has 3 aromatic rings. The molecule has 0 saturated carbocycles. The smallest absolute Gasteiger partial charge is 0.313 e. The van der Waals surface area contributed by atoms with Crippen LogP contribution in [0.3, 0.4) is 0 Å². The Morgan fingerprint density at radius 1 is 0.897 bits per heavy atom. The second-order valence-electron chi connectivity index (χ2n) is 7.01. The number of likely N-dealkylation sites (N-methyl/N-ethyl adjacent to an activating group) is 1. The van der Waals surface area contributed by atoms with E-state index in [4.69, 9.17) is 9.47 Å². The molecule has 0 aromatic heterocycles. The molecule has 0 aliphatic rings. The fourth-order valence-electron chi connectivity index (χ4n) is 3.15. The summed E-state index contributed by atoms with van der Waals surface area (Å²) >= 11 is 0. The Kier molecular flexibility index (Phi) is 6.17. The molecule has 1 amide bonds. The zero-order valence-electron chi connectivity index (χ0n) is 17.1. The number of ether oxygens (including phenoxy) is 2. The third kappa shape index (κ3) is 4.57. The van der Waals surface area contributed by atoms with Crippen molar-refractivity contribution in [3.05, 3.63) is 72.3 Å². The normalized spacial score (nSPS) is 12.8. The molecule has 0 unspecified atom stereocenters. The van der Waals surface area contributed by atoms with Crippen molar-refractivity contribution in [1.82, 2.24) is 0 Å². The van der Waals surface area contributed by atoms with Gasteiger partial charge < -0.3 is 14.4 Å². The summed E-state index contributed by atoms with van der Waals surface area (Å²) in [5, 5.41) is 2.04. The molecule has 0 aliphatic carbocycles. The average Bonchev–Trinajstić information content (AvgIpc) is 2.77. The summed E-state index contributed by atoms with van der Waals surface area (Å²) in [7, 11) is 3.30. The van der Waals surface area contributed by atoms with Gasteiger partial charge in [-0.25, -0.2) is 0 Å². The van der Waals surface area contributed by atoms with Crippen LogP contribution >= 0.6 is 0 Å². The van der Waals surface area contributed by atoms with Gasteiger partial charge in [0.15, 0.2) is 6.10 Å². The summed E-state index contributed by atoms with van der Waals surface area (Å²) in [4.78, 5) is 26.7. The maximum atomic E-state index is 12.6. The Bertz CT molecular complexity index is 1020. The Morgan fingerprint density at radius 3 is 2.24 bits per heavy atom. The highest BCUT2D eigenvalue weighted by Crippen LogP contribution is 2.26. The molecule has 5 nitrogen and oxygen atoms in total. The van der Waals surface area contributed by atoms with Gasteiger partial charge in [-0.1, -0.05) is 42.5 Å². The van der Waals surface area contributed by atoms with Crippen LogP contribution in [0.5, 0.6) is 5.75 Å². The molecule has 0 saturated heterocycles. The topological polar surface area (TPSA) is 55.8 Å². The van der Waals surface area contributed by atoms with Crippen molar-refractivity contribution in [1.29, 1.82) is 0 Å². The van der Waals surface area contributed by atoms with Crippen molar-refractivity contribution < 1.29 is 19.1 Å². The van der Waals surface area contributed by atoms with Crippen LogP contribution in [-0.4, -0.2) is 32.1 Å². The van der Waals surface area contributed by atoms with Crippen LogP contribution in [-0.2, 0) is 14.3 Å². The number of fused-ring (bicyclic) bond motifs is 1. The zero-order chi connectivity index (χ0) is 21.0. The highest BCUT2D eigenvalue weighted by molar-refractivity contribution is 5.97. The van der Waals surface area contributed by atoms with Crippen molar-refractivity contribution in [2.45, 2.75) is 25.9 Å². The summed E-state index contributed by atoms with van der Waals surface area (Å²) in [5.74, 6) is -0.408. The highest BCUT2D eigenvalue weighted by atomic mass is 16.5. The number of benzene rings is 3. The van der Waals surface area contributed by atoms with Crippen molar-refractivity contribution in [3.8, 4) is 5.75 Å². The molecule has 2 atom stereocenters. The number of carbonyl (C=O) groups is 2. The third-order valence-electron chi connectivity index (χ3n) is 5.04. The maximum Gasteiger partial charge on any atom is 0.313 e. The van der Waals surface area contributed by atoms with E-state index in [1.165, 1.54) is 4.90 Å². The first-order valence-electron chi connectivity index (χ1n) is 9.51. The van der Waals surface area contributed by atoms with Crippen molar-refractivity contribution in [2.24, 2.45) is 0 Å². The number of esters is 1. The van der Waals surface area contributed by atoms with Crippen molar-refractivity contribution in [3.63, 3.8) is 0 Å².